The summed E-state index contributed by atoms with van der Waals surface area (Å²) in [5, 5.41) is 44.4. The van der Waals surface area contributed by atoms with Crippen molar-refractivity contribution in [3.8, 4) is 5.75 Å². The molecule has 1 amide bonds. The lowest BCUT2D eigenvalue weighted by molar-refractivity contribution is -0.184. The minimum atomic E-state index is -2.73. The Balaban J connectivity index is 1.97. The van der Waals surface area contributed by atoms with Gasteiger partial charge in [-0.05, 0) is 51.4 Å². The Morgan fingerprint density at radius 3 is 2.37 bits per heavy atom. The van der Waals surface area contributed by atoms with E-state index in [1.54, 1.807) is 14.1 Å². The number of fused-ring (bicyclic) bond motifs is 3. The van der Waals surface area contributed by atoms with Gasteiger partial charge in [-0.25, -0.2) is 0 Å². The second-order valence-electron chi connectivity index (χ2n) is 9.84. The van der Waals surface area contributed by atoms with Crippen LogP contribution in [0, 0.1) is 17.8 Å². The van der Waals surface area contributed by atoms with E-state index in [9.17, 15) is 39.6 Å². The van der Waals surface area contributed by atoms with Crippen LogP contribution < -0.4 is 11.5 Å². The first-order valence-electron chi connectivity index (χ1n) is 11.3. The summed E-state index contributed by atoms with van der Waals surface area (Å²) in [6.45, 7) is 1.18. The quantitative estimate of drug-likeness (QED) is 0.221. The molecule has 2 fully saturated rings. The van der Waals surface area contributed by atoms with E-state index in [0.717, 1.165) is 0 Å². The number of hydrogen-bond donors (Lipinski definition) is 6. The van der Waals surface area contributed by atoms with Gasteiger partial charge in [0, 0.05) is 35.2 Å². The molecule has 3 aliphatic carbocycles. The van der Waals surface area contributed by atoms with Crippen LogP contribution in [-0.2, 0) is 27.3 Å². The van der Waals surface area contributed by atoms with E-state index in [1.165, 1.54) is 17.9 Å². The lowest BCUT2D eigenvalue weighted by Gasteiger charge is -2.53. The van der Waals surface area contributed by atoms with E-state index in [4.69, 9.17) is 11.5 Å². The van der Waals surface area contributed by atoms with Crippen molar-refractivity contribution in [3.63, 3.8) is 0 Å². The van der Waals surface area contributed by atoms with Gasteiger partial charge in [0.1, 0.15) is 17.4 Å². The van der Waals surface area contributed by atoms with Gasteiger partial charge in [0.25, 0.3) is 0 Å². The van der Waals surface area contributed by atoms with Gasteiger partial charge < -0.3 is 36.8 Å². The molecule has 8 N–H and O–H groups in total. The zero-order valence-electron chi connectivity index (χ0n) is 19.6. The SMILES string of the molecule is CC(=O)c1cc(CN)c(O)c2c1C[C@H]1C[C@H]3[C@H](N(C)C)C(O)C(C(N)=O)C(=O)[C@@]3(O)C(=O)C1=C2O. The number of ketones is 3. The average Bonchev–Trinajstić information content (AvgIpc) is 2.75. The van der Waals surface area contributed by atoms with Gasteiger partial charge in [-0.15, -0.1) is 0 Å². The highest BCUT2D eigenvalue weighted by molar-refractivity contribution is 6.25. The summed E-state index contributed by atoms with van der Waals surface area (Å²) in [4.78, 5) is 53.0. The number of nitrogens with zero attached hydrogens (tertiary/aromatic N) is 1. The normalized spacial score (nSPS) is 32.3. The number of phenolic OH excluding ortho intramolecular Hbond substituents is 1. The number of amides is 1. The third kappa shape index (κ3) is 3.26. The highest BCUT2D eigenvalue weighted by Crippen LogP contribution is 2.52. The van der Waals surface area contributed by atoms with Gasteiger partial charge in [-0.2, -0.15) is 0 Å². The highest BCUT2D eigenvalue weighted by atomic mass is 16.3. The van der Waals surface area contributed by atoms with E-state index in [0.29, 0.717) is 5.56 Å². The zero-order chi connectivity index (χ0) is 26.1. The maximum atomic E-state index is 13.8. The summed E-state index contributed by atoms with van der Waals surface area (Å²) < 4.78 is 0. The van der Waals surface area contributed by atoms with Crippen LogP contribution in [-0.4, -0.2) is 80.4 Å². The predicted molar refractivity (Wildman–Crippen MR) is 122 cm³/mol. The maximum absolute atomic E-state index is 13.8. The molecule has 35 heavy (non-hydrogen) atoms. The Kier molecular flexibility index (Phi) is 5.88. The van der Waals surface area contributed by atoms with E-state index >= 15 is 0 Å². The standard InChI is InChI=1S/C24H29N3O8/c1-8(28)11-5-10(7-25)18(29)15-12(11)4-9-6-13-17(27(2)3)20(31)16(23(26)34)22(33)24(13,35)21(32)14(9)19(15)30/h5,9,13,16-17,20,29-31,35H,4,6-7,25H2,1-3H3,(H2,26,34)/t9-,13-,16?,17-,20?,24-/m0/s1. The predicted octanol–water partition coefficient (Wildman–Crippen LogP) is -1.21. The van der Waals surface area contributed by atoms with Crippen molar-refractivity contribution in [1.29, 1.82) is 0 Å². The molecule has 0 aliphatic heterocycles. The molecule has 0 radical (unpaired) electrons. The first kappa shape index (κ1) is 25.0. The number of benzene rings is 1. The number of aliphatic hydroxyl groups is 3. The summed E-state index contributed by atoms with van der Waals surface area (Å²) in [5.41, 5.74) is 8.64. The number of primary amides is 1. The van der Waals surface area contributed by atoms with Crippen molar-refractivity contribution >= 4 is 29.0 Å². The summed E-state index contributed by atoms with van der Waals surface area (Å²) in [6.07, 6.45) is -1.52. The second kappa shape index (κ2) is 8.23. The number of Topliss-reactive ketones (excluding diaryl/α,β-unsaturated/α-hetero) is 3. The molecule has 0 aromatic heterocycles. The molecule has 1 aromatic rings. The Bertz CT molecular complexity index is 1210. The van der Waals surface area contributed by atoms with Crippen molar-refractivity contribution < 1.29 is 39.6 Å². The number of aliphatic hydroxyl groups excluding tert-OH is 2. The first-order valence-corrected chi connectivity index (χ1v) is 11.3. The molecule has 4 rings (SSSR count). The lowest BCUT2D eigenvalue weighted by atomic mass is 9.54. The van der Waals surface area contributed by atoms with Crippen molar-refractivity contribution in [1.82, 2.24) is 4.90 Å². The molecule has 11 nitrogen and oxygen atoms in total. The second-order valence-corrected chi connectivity index (χ2v) is 9.84. The number of carbonyl (C=O) groups is 4. The van der Waals surface area contributed by atoms with Crippen LogP contribution in [0.3, 0.4) is 0 Å². The number of aromatic hydroxyl groups is 1. The van der Waals surface area contributed by atoms with Gasteiger partial charge in [0.15, 0.2) is 17.2 Å². The van der Waals surface area contributed by atoms with Crippen LogP contribution in [0.1, 0.15) is 40.4 Å². The van der Waals surface area contributed by atoms with Crippen molar-refractivity contribution in [2.75, 3.05) is 14.1 Å². The van der Waals surface area contributed by atoms with Gasteiger partial charge in [-0.1, -0.05) is 0 Å². The van der Waals surface area contributed by atoms with Crippen LogP contribution >= 0.6 is 0 Å². The smallest absolute Gasteiger partial charge is 0.230 e. The first-order chi connectivity index (χ1) is 16.3. The topological polar surface area (TPSA) is 204 Å². The van der Waals surface area contributed by atoms with Crippen molar-refractivity contribution in [2.24, 2.45) is 29.2 Å². The number of carbonyl (C=O) groups excluding carboxylic acids is 4. The Labute approximate surface area is 201 Å². The molecule has 2 unspecified atom stereocenters. The van der Waals surface area contributed by atoms with E-state index < -0.39 is 64.5 Å². The monoisotopic (exact) mass is 487 g/mol. The van der Waals surface area contributed by atoms with Crippen LogP contribution in [0.15, 0.2) is 11.6 Å². The third-order valence-electron chi connectivity index (χ3n) is 7.77. The maximum Gasteiger partial charge on any atom is 0.230 e. The third-order valence-corrected chi connectivity index (χ3v) is 7.77. The van der Waals surface area contributed by atoms with Gasteiger partial charge >= 0.3 is 0 Å². The molecule has 0 saturated heterocycles. The molecule has 0 heterocycles. The van der Waals surface area contributed by atoms with Crippen molar-refractivity contribution in [2.45, 2.75) is 44.1 Å². The Hall–Kier alpha value is -3.12. The molecule has 188 valence electrons. The summed E-state index contributed by atoms with van der Waals surface area (Å²) in [5.74, 6) is -8.58. The lowest BCUT2D eigenvalue weighted by Crippen LogP contribution is -2.73. The number of phenols is 1. The summed E-state index contributed by atoms with van der Waals surface area (Å²) >= 11 is 0. The molecular formula is C24H29N3O8. The average molecular weight is 488 g/mol. The molecular weight excluding hydrogens is 458 g/mol. The van der Waals surface area contributed by atoms with Crippen LogP contribution in [0.25, 0.3) is 5.76 Å². The van der Waals surface area contributed by atoms with E-state index in [-0.39, 0.29) is 47.4 Å². The van der Waals surface area contributed by atoms with Crippen LogP contribution in [0.4, 0.5) is 0 Å². The molecule has 1 aromatic carbocycles. The number of likely N-dealkylation sites (N-methyl/N-ethyl adjacent to an activating group) is 1. The van der Waals surface area contributed by atoms with Gasteiger partial charge in [-0.3, -0.25) is 19.2 Å². The highest BCUT2D eigenvalue weighted by Gasteiger charge is 2.67. The minimum Gasteiger partial charge on any atom is -0.507 e. The molecule has 3 aliphatic rings. The van der Waals surface area contributed by atoms with Crippen LogP contribution in [0.5, 0.6) is 5.75 Å². The minimum absolute atomic E-state index is 0.0189. The van der Waals surface area contributed by atoms with E-state index in [2.05, 4.69) is 0 Å². The largest absolute Gasteiger partial charge is 0.507 e. The fraction of sp³-hybridized carbons (Fsp3) is 0.500. The van der Waals surface area contributed by atoms with E-state index in [1.807, 2.05) is 0 Å². The molecule has 0 spiro atoms. The zero-order valence-corrected chi connectivity index (χ0v) is 19.6. The van der Waals surface area contributed by atoms with Gasteiger partial charge in [0.2, 0.25) is 11.7 Å². The molecule has 2 saturated carbocycles. The number of nitrogens with two attached hydrogens (primary N) is 2. The number of hydrogen-bond acceptors (Lipinski definition) is 10. The van der Waals surface area contributed by atoms with Crippen LogP contribution in [0.2, 0.25) is 0 Å². The Morgan fingerprint density at radius 2 is 1.86 bits per heavy atom. The molecule has 0 bridgehead atoms. The van der Waals surface area contributed by atoms with Crippen molar-refractivity contribution in [3.05, 3.63) is 33.9 Å². The Morgan fingerprint density at radius 1 is 1.23 bits per heavy atom. The fourth-order valence-electron chi connectivity index (χ4n) is 6.20. The van der Waals surface area contributed by atoms with Gasteiger partial charge in [0.05, 0.1) is 11.7 Å². The molecule has 11 heteroatoms. The fourth-order valence-corrected chi connectivity index (χ4v) is 6.20. The number of rotatable bonds is 4. The molecule has 6 atom stereocenters. The summed E-state index contributed by atoms with van der Waals surface area (Å²) in [7, 11) is 3.15. The summed E-state index contributed by atoms with van der Waals surface area (Å²) in [6, 6.07) is 0.466.